The zero-order valence-electron chi connectivity index (χ0n) is 5.87. The number of rotatable bonds is 0. The van der Waals surface area contributed by atoms with Crippen LogP contribution in [0.3, 0.4) is 0 Å². The third-order valence-corrected chi connectivity index (χ3v) is 1.27. The fourth-order valence-corrected chi connectivity index (χ4v) is 0.762. The molecule has 0 atom stereocenters. The van der Waals surface area contributed by atoms with E-state index in [0.29, 0.717) is 5.56 Å². The summed E-state index contributed by atoms with van der Waals surface area (Å²) < 4.78 is 35.9. The van der Waals surface area contributed by atoms with E-state index in [0.717, 1.165) is 12.1 Å². The predicted molar refractivity (Wildman–Crippen MR) is 35.0 cm³/mol. The SMILES string of the molecule is Cc1[c-]ccc(C(F)(F)F)c1. The molecule has 1 aromatic rings. The molecule has 0 unspecified atom stereocenters. The van der Waals surface area contributed by atoms with Crippen molar-refractivity contribution in [1.82, 2.24) is 0 Å². The van der Waals surface area contributed by atoms with Gasteiger partial charge in [0, 0.05) is 0 Å². The van der Waals surface area contributed by atoms with Gasteiger partial charge < -0.3 is 0 Å². The van der Waals surface area contributed by atoms with Gasteiger partial charge in [-0.15, -0.1) is 0 Å². The van der Waals surface area contributed by atoms with Gasteiger partial charge in [0.2, 0.25) is 0 Å². The molecule has 0 aliphatic carbocycles. The number of halogens is 3. The Bertz CT molecular complexity index is 250. The zero-order chi connectivity index (χ0) is 8.48. The van der Waals surface area contributed by atoms with Crippen molar-refractivity contribution in [1.29, 1.82) is 0 Å². The quantitative estimate of drug-likeness (QED) is 0.510. The lowest BCUT2D eigenvalue weighted by atomic mass is 10.1. The van der Waals surface area contributed by atoms with Crippen molar-refractivity contribution >= 4 is 0 Å². The Kier molecular flexibility index (Phi) is 1.89. The minimum absolute atomic E-state index is 0.500. The standard InChI is InChI=1S/C8H6F3/c1-6-3-2-4-7(5-6)8(9,10)11/h2,4-5H,1H3/q-1. The summed E-state index contributed by atoms with van der Waals surface area (Å²) in [5.41, 5.74) is -0.117. The van der Waals surface area contributed by atoms with Crippen molar-refractivity contribution < 1.29 is 13.2 Å². The highest BCUT2D eigenvalue weighted by Gasteiger charge is 2.25. The second kappa shape index (κ2) is 2.57. The van der Waals surface area contributed by atoms with Gasteiger partial charge in [-0.2, -0.15) is 43.0 Å². The van der Waals surface area contributed by atoms with Gasteiger partial charge in [-0.3, -0.25) is 0 Å². The van der Waals surface area contributed by atoms with Gasteiger partial charge in [-0.1, -0.05) is 12.5 Å². The van der Waals surface area contributed by atoms with Crippen LogP contribution in [0.25, 0.3) is 0 Å². The lowest BCUT2D eigenvalue weighted by Gasteiger charge is -2.12. The molecule has 60 valence electrons. The first-order valence-electron chi connectivity index (χ1n) is 3.05. The molecule has 0 heterocycles. The summed E-state index contributed by atoms with van der Waals surface area (Å²) in [5, 5.41) is 0. The maximum absolute atomic E-state index is 12.0. The van der Waals surface area contributed by atoms with Crippen molar-refractivity contribution in [3.63, 3.8) is 0 Å². The smallest absolute Gasteiger partial charge is 0.181 e. The largest absolute Gasteiger partial charge is 0.394 e. The van der Waals surface area contributed by atoms with Gasteiger partial charge in [0.25, 0.3) is 0 Å². The Morgan fingerprint density at radius 2 is 2.00 bits per heavy atom. The average molecular weight is 159 g/mol. The van der Waals surface area contributed by atoms with Crippen LogP contribution >= 0.6 is 0 Å². The van der Waals surface area contributed by atoms with E-state index in [4.69, 9.17) is 0 Å². The van der Waals surface area contributed by atoms with Crippen LogP contribution in [0.1, 0.15) is 11.1 Å². The highest BCUT2D eigenvalue weighted by molar-refractivity contribution is 5.23. The highest BCUT2D eigenvalue weighted by Crippen LogP contribution is 2.29. The Morgan fingerprint density at radius 1 is 1.36 bits per heavy atom. The molecule has 11 heavy (non-hydrogen) atoms. The molecular weight excluding hydrogens is 153 g/mol. The minimum atomic E-state index is -4.24. The fraction of sp³-hybridized carbons (Fsp3) is 0.250. The maximum atomic E-state index is 12.0. The molecule has 0 radical (unpaired) electrons. The summed E-state index contributed by atoms with van der Waals surface area (Å²) in [6, 6.07) is 6.00. The maximum Gasteiger partial charge on any atom is 0.394 e. The lowest BCUT2D eigenvalue weighted by Crippen LogP contribution is -2.04. The molecule has 0 saturated carbocycles. The van der Waals surface area contributed by atoms with Gasteiger partial charge in [0.1, 0.15) is 0 Å². The number of aryl methyl sites for hydroxylation is 1. The first kappa shape index (κ1) is 8.11. The second-order valence-electron chi connectivity index (χ2n) is 2.26. The summed E-state index contributed by atoms with van der Waals surface area (Å²) in [7, 11) is 0. The van der Waals surface area contributed by atoms with Gasteiger partial charge in [0.05, 0.1) is 0 Å². The summed E-state index contributed by atoms with van der Waals surface area (Å²) in [6.45, 7) is 1.58. The molecule has 0 spiro atoms. The fourth-order valence-electron chi connectivity index (χ4n) is 0.762. The van der Waals surface area contributed by atoms with E-state index < -0.39 is 11.7 Å². The van der Waals surface area contributed by atoms with E-state index in [2.05, 4.69) is 6.07 Å². The first-order chi connectivity index (χ1) is 5.00. The molecule has 0 bridgehead atoms. The van der Waals surface area contributed by atoms with Crippen LogP contribution in [0, 0.1) is 13.0 Å². The molecule has 0 aliphatic rings. The Morgan fingerprint density at radius 3 is 2.36 bits per heavy atom. The molecule has 0 aromatic heterocycles. The van der Waals surface area contributed by atoms with Crippen LogP contribution < -0.4 is 0 Å². The lowest BCUT2D eigenvalue weighted by molar-refractivity contribution is -0.137. The van der Waals surface area contributed by atoms with E-state index in [1.54, 1.807) is 6.92 Å². The van der Waals surface area contributed by atoms with Gasteiger partial charge in [0.15, 0.2) is 0 Å². The summed E-state index contributed by atoms with van der Waals surface area (Å²) in [4.78, 5) is 0. The van der Waals surface area contributed by atoms with Crippen LogP contribution in [0.5, 0.6) is 0 Å². The number of alkyl halides is 3. The van der Waals surface area contributed by atoms with E-state index in [-0.39, 0.29) is 0 Å². The Labute approximate surface area is 62.7 Å². The molecule has 0 saturated heterocycles. The minimum Gasteiger partial charge on any atom is -0.181 e. The van der Waals surface area contributed by atoms with E-state index in [1.165, 1.54) is 6.07 Å². The van der Waals surface area contributed by atoms with Crippen LogP contribution in [-0.2, 0) is 6.18 Å². The molecule has 0 fully saturated rings. The zero-order valence-corrected chi connectivity index (χ0v) is 5.87. The molecule has 0 N–H and O–H groups in total. The average Bonchev–Trinajstić information content (AvgIpc) is 1.86. The molecule has 0 nitrogen and oxygen atoms in total. The van der Waals surface area contributed by atoms with Crippen LogP contribution in [-0.4, -0.2) is 0 Å². The predicted octanol–water partition coefficient (Wildman–Crippen LogP) is 2.81. The number of benzene rings is 1. The molecule has 1 aromatic carbocycles. The van der Waals surface area contributed by atoms with Crippen molar-refractivity contribution in [3.05, 3.63) is 35.4 Å². The first-order valence-corrected chi connectivity index (χ1v) is 3.05. The molecule has 1 rings (SSSR count). The topological polar surface area (TPSA) is 0 Å². The molecule has 0 amide bonds. The van der Waals surface area contributed by atoms with Crippen molar-refractivity contribution in [2.45, 2.75) is 13.1 Å². The summed E-state index contributed by atoms with van der Waals surface area (Å²) in [6.07, 6.45) is -4.24. The van der Waals surface area contributed by atoms with E-state index >= 15 is 0 Å². The van der Waals surface area contributed by atoms with Crippen molar-refractivity contribution in [3.8, 4) is 0 Å². The molecule has 0 aliphatic heterocycles. The van der Waals surface area contributed by atoms with Crippen LogP contribution in [0.15, 0.2) is 18.2 Å². The van der Waals surface area contributed by atoms with Crippen LogP contribution in [0.2, 0.25) is 0 Å². The molecular formula is C8H6F3-. The monoisotopic (exact) mass is 159 g/mol. The van der Waals surface area contributed by atoms with Gasteiger partial charge >= 0.3 is 6.18 Å². The normalized spacial score (nSPS) is 11.6. The summed E-state index contributed by atoms with van der Waals surface area (Å²) >= 11 is 0. The molecule has 3 heteroatoms. The van der Waals surface area contributed by atoms with Crippen LogP contribution in [0.4, 0.5) is 13.2 Å². The van der Waals surface area contributed by atoms with Gasteiger partial charge in [-0.25, -0.2) is 0 Å². The summed E-state index contributed by atoms with van der Waals surface area (Å²) in [5.74, 6) is 0. The number of hydrogen-bond acceptors (Lipinski definition) is 0. The third kappa shape index (κ3) is 1.97. The third-order valence-electron chi connectivity index (χ3n) is 1.27. The van der Waals surface area contributed by atoms with E-state index in [9.17, 15) is 13.2 Å². The van der Waals surface area contributed by atoms with Crippen molar-refractivity contribution in [2.75, 3.05) is 0 Å². The Balaban J connectivity index is 3.06. The van der Waals surface area contributed by atoms with Gasteiger partial charge in [-0.05, 0) is 0 Å². The second-order valence-corrected chi connectivity index (χ2v) is 2.26. The highest BCUT2D eigenvalue weighted by atomic mass is 19.4. The van der Waals surface area contributed by atoms with E-state index in [1.807, 2.05) is 0 Å². The van der Waals surface area contributed by atoms with Crippen molar-refractivity contribution in [2.24, 2.45) is 0 Å². The Hall–Kier alpha value is -0.990. The number of hydrogen-bond donors (Lipinski definition) is 0.